The van der Waals surface area contributed by atoms with Crippen molar-refractivity contribution in [2.24, 2.45) is 13.0 Å². The number of benzene rings is 1. The average molecular weight is 714 g/mol. The number of halogens is 6. The monoisotopic (exact) mass is 713 g/mol. The zero-order valence-corrected chi connectivity index (χ0v) is 26.8. The van der Waals surface area contributed by atoms with Crippen LogP contribution in [-0.4, -0.2) is 98.0 Å². The minimum absolute atomic E-state index is 0.00806. The Hall–Kier alpha value is -4.29. The molecule has 2 saturated heterocycles. The largest absolute Gasteiger partial charge is 0.435 e. The number of aromatic nitrogens is 4. The summed E-state index contributed by atoms with van der Waals surface area (Å²) in [6.45, 7) is 2.17. The lowest BCUT2D eigenvalue weighted by Gasteiger charge is -2.34. The number of nitrogens with zero attached hydrogens (tertiary/aromatic N) is 5. The lowest BCUT2D eigenvalue weighted by atomic mass is 9.98. The van der Waals surface area contributed by atoms with Gasteiger partial charge in [0.05, 0.1) is 40.2 Å². The van der Waals surface area contributed by atoms with E-state index in [4.69, 9.17) is 11.6 Å². The summed E-state index contributed by atoms with van der Waals surface area (Å²) in [4.78, 5) is 44.3. The Morgan fingerprint density at radius 1 is 1.18 bits per heavy atom. The first-order valence-electron chi connectivity index (χ1n) is 15.5. The number of likely N-dealkylation sites (tertiary alicyclic amines) is 1. The maximum absolute atomic E-state index is 13.8. The van der Waals surface area contributed by atoms with Gasteiger partial charge in [0.1, 0.15) is 6.04 Å². The molecule has 0 radical (unpaired) electrons. The number of piperidine rings is 1. The fourth-order valence-electron chi connectivity index (χ4n) is 6.08. The highest BCUT2D eigenvalue weighted by Gasteiger charge is 2.59. The molecule has 4 amide bonds. The molecule has 4 unspecified atom stereocenters. The molecule has 1 saturated carbocycles. The third kappa shape index (κ3) is 7.35. The number of rotatable bonds is 8. The second-order valence-electron chi connectivity index (χ2n) is 12.5. The second-order valence-corrected chi connectivity index (χ2v) is 12.9. The van der Waals surface area contributed by atoms with E-state index in [-0.39, 0.29) is 52.3 Å². The summed E-state index contributed by atoms with van der Waals surface area (Å²) in [5.41, 5.74) is -1.75. The van der Waals surface area contributed by atoms with Crippen LogP contribution in [0, 0.1) is 5.92 Å². The smallest absolute Gasteiger partial charge is 0.390 e. The molecule has 1 aromatic carbocycles. The molecule has 6 rings (SSSR count). The highest BCUT2D eigenvalue weighted by molar-refractivity contribution is 6.34. The number of nitrogens with one attached hydrogen (secondary N) is 4. The van der Waals surface area contributed by atoms with Crippen LogP contribution < -0.4 is 21.3 Å². The minimum atomic E-state index is -4.95. The van der Waals surface area contributed by atoms with Gasteiger partial charge in [0.2, 0.25) is 0 Å². The van der Waals surface area contributed by atoms with Crippen molar-refractivity contribution < 1.29 is 41.4 Å². The van der Waals surface area contributed by atoms with E-state index in [2.05, 4.69) is 31.3 Å². The van der Waals surface area contributed by atoms with E-state index in [0.29, 0.717) is 30.9 Å². The number of imidazole rings is 1. The van der Waals surface area contributed by atoms with Crippen LogP contribution in [0.25, 0.3) is 11.3 Å². The highest BCUT2D eigenvalue weighted by Crippen LogP contribution is 2.53. The molecule has 49 heavy (non-hydrogen) atoms. The van der Waals surface area contributed by atoms with Gasteiger partial charge in [0, 0.05) is 58.1 Å². The molecule has 5 N–H and O–H groups in total. The number of amides is 4. The summed E-state index contributed by atoms with van der Waals surface area (Å²) in [7, 11) is 1.30. The first-order chi connectivity index (χ1) is 23.1. The number of urea groups is 1. The molecule has 3 fully saturated rings. The van der Waals surface area contributed by atoms with Gasteiger partial charge in [-0.2, -0.15) is 18.3 Å². The molecule has 13 nitrogen and oxygen atoms in total. The van der Waals surface area contributed by atoms with Crippen molar-refractivity contribution in [3.05, 3.63) is 52.7 Å². The molecule has 0 bridgehead atoms. The van der Waals surface area contributed by atoms with Gasteiger partial charge in [-0.1, -0.05) is 11.6 Å². The number of anilines is 1. The molecule has 2 aliphatic heterocycles. The maximum Gasteiger partial charge on any atom is 0.435 e. The normalized spacial score (nSPS) is 23.3. The molecular weight excluding hydrogens is 681 g/mol. The van der Waals surface area contributed by atoms with Crippen LogP contribution in [0.2, 0.25) is 5.02 Å². The van der Waals surface area contributed by atoms with Gasteiger partial charge in [-0.3, -0.25) is 14.3 Å². The van der Waals surface area contributed by atoms with E-state index < -0.39 is 53.7 Å². The number of carbonyl (C=O) groups is 3. The molecule has 19 heteroatoms. The van der Waals surface area contributed by atoms with E-state index >= 15 is 0 Å². The Balaban J connectivity index is 1.06. The van der Waals surface area contributed by atoms with Crippen molar-refractivity contribution in [2.45, 2.75) is 49.5 Å². The van der Waals surface area contributed by atoms with Crippen molar-refractivity contribution in [2.75, 3.05) is 38.0 Å². The summed E-state index contributed by atoms with van der Waals surface area (Å²) < 4.78 is 70.1. The Kier molecular flexibility index (Phi) is 9.31. The third-order valence-electron chi connectivity index (χ3n) is 8.90. The number of alkyl halides is 5. The number of β-amino-alcohol motifs (C(OH)–C–C–N with tert-alkyl or cyclic N) is 1. The summed E-state index contributed by atoms with van der Waals surface area (Å²) in [6.07, 6.45) is -2.79. The van der Waals surface area contributed by atoms with Gasteiger partial charge in [-0.05, 0) is 37.0 Å². The van der Waals surface area contributed by atoms with Crippen molar-refractivity contribution in [1.29, 1.82) is 0 Å². The predicted molar refractivity (Wildman–Crippen MR) is 165 cm³/mol. The third-order valence-corrected chi connectivity index (χ3v) is 9.21. The van der Waals surface area contributed by atoms with E-state index in [1.165, 1.54) is 25.2 Å². The summed E-state index contributed by atoms with van der Waals surface area (Å²) in [5.74, 6) is -4.72. The van der Waals surface area contributed by atoms with Crippen LogP contribution in [0.3, 0.4) is 0 Å². The fourth-order valence-corrected chi connectivity index (χ4v) is 6.35. The van der Waals surface area contributed by atoms with Gasteiger partial charge in [-0.15, -0.1) is 0 Å². The molecule has 3 aromatic rings. The Morgan fingerprint density at radius 3 is 2.59 bits per heavy atom. The van der Waals surface area contributed by atoms with Crippen LogP contribution in [0.15, 0.2) is 30.6 Å². The predicted octanol–water partition coefficient (Wildman–Crippen LogP) is 3.27. The molecule has 3 aliphatic rings. The Bertz CT molecular complexity index is 1760. The topological polar surface area (TPSA) is 158 Å². The van der Waals surface area contributed by atoms with E-state index in [0.717, 1.165) is 29.8 Å². The van der Waals surface area contributed by atoms with Crippen molar-refractivity contribution >= 4 is 35.1 Å². The average Bonchev–Trinajstić information content (AvgIpc) is 3.43. The first-order valence-corrected chi connectivity index (χ1v) is 15.9. The fraction of sp³-hybridized carbons (Fsp3) is 0.500. The second kappa shape index (κ2) is 13.2. The van der Waals surface area contributed by atoms with Crippen LogP contribution in [0.4, 0.5) is 32.4 Å². The Labute approximate surface area is 281 Å². The molecular formula is C30H33ClF5N9O4. The molecule has 1 aliphatic carbocycles. The summed E-state index contributed by atoms with van der Waals surface area (Å²) in [5, 5.41) is 24.6. The van der Waals surface area contributed by atoms with Gasteiger partial charge < -0.3 is 35.8 Å². The number of hydrogen-bond donors (Lipinski definition) is 5. The molecule has 2 aromatic heterocycles. The van der Waals surface area contributed by atoms with Crippen LogP contribution >= 0.6 is 11.6 Å². The maximum atomic E-state index is 13.8. The van der Waals surface area contributed by atoms with E-state index in [1.807, 2.05) is 0 Å². The van der Waals surface area contributed by atoms with Crippen LogP contribution in [-0.2, 0) is 13.2 Å². The quantitative estimate of drug-likeness (QED) is 0.224. The van der Waals surface area contributed by atoms with Crippen molar-refractivity contribution in [3.63, 3.8) is 0 Å². The van der Waals surface area contributed by atoms with Crippen molar-refractivity contribution in [1.82, 2.24) is 40.2 Å². The zero-order chi connectivity index (χ0) is 35.2. The van der Waals surface area contributed by atoms with Crippen LogP contribution in [0.1, 0.15) is 52.0 Å². The summed E-state index contributed by atoms with van der Waals surface area (Å²) >= 11 is 6.37. The standard InChI is InChI=1S/C30H33ClF5N9O4/c1-43-21(18-14-45(23-8-29(23,32)33)42-24(18)30(34,35)36)11-38-25(43)27(48)40-16-4-5-17(19(31)7-16)26(47)39-9-15-3-2-6-44(13-15)28(49)41-20-10-37-12-22(20)46/h4-5,7,11,14-15,20,22-23,37,46H,2-3,6,8-10,12-13H2,1H3,(H,39,47)(H,40,48)(H,41,49). The molecule has 4 heterocycles. The Morgan fingerprint density at radius 2 is 1.94 bits per heavy atom. The SMILES string of the molecule is Cn1c(-c2cn(C3CC3(F)F)nc2C(F)(F)F)cnc1C(=O)Nc1ccc(C(=O)NCC2CCCN(C(=O)NC3CNCC3O)C2)c(Cl)c1. The van der Waals surface area contributed by atoms with E-state index in [9.17, 15) is 41.4 Å². The first kappa shape index (κ1) is 34.6. The molecule has 0 spiro atoms. The molecule has 4 atom stereocenters. The van der Waals surface area contributed by atoms with Gasteiger partial charge in [0.15, 0.2) is 11.5 Å². The van der Waals surface area contributed by atoms with E-state index in [1.54, 1.807) is 4.90 Å². The van der Waals surface area contributed by atoms with Crippen molar-refractivity contribution in [3.8, 4) is 11.3 Å². The number of aliphatic hydroxyl groups is 1. The number of aliphatic hydroxyl groups excluding tert-OH is 1. The summed E-state index contributed by atoms with van der Waals surface area (Å²) in [6, 6.07) is 2.03. The van der Waals surface area contributed by atoms with Gasteiger partial charge in [-0.25, -0.2) is 18.6 Å². The lowest BCUT2D eigenvalue weighted by Crippen LogP contribution is -2.52. The zero-order valence-electron chi connectivity index (χ0n) is 26.0. The number of carbonyl (C=O) groups excluding carboxylic acids is 3. The molecule has 264 valence electrons. The highest BCUT2D eigenvalue weighted by atomic mass is 35.5. The van der Waals surface area contributed by atoms with Gasteiger partial charge >= 0.3 is 12.2 Å². The number of hydrogen-bond acceptors (Lipinski definition) is 7. The van der Waals surface area contributed by atoms with Crippen LogP contribution in [0.5, 0.6) is 0 Å². The minimum Gasteiger partial charge on any atom is -0.390 e. The van der Waals surface area contributed by atoms with Gasteiger partial charge in [0.25, 0.3) is 17.7 Å². The lowest BCUT2D eigenvalue weighted by molar-refractivity contribution is -0.141.